The minimum Gasteiger partial charge on any atom is -0.481 e. The van der Waals surface area contributed by atoms with Gasteiger partial charge in [0.05, 0.1) is 0 Å². The van der Waals surface area contributed by atoms with E-state index in [2.05, 4.69) is 0 Å². The summed E-state index contributed by atoms with van der Waals surface area (Å²) in [6.45, 7) is 10.6. The van der Waals surface area contributed by atoms with Crippen LogP contribution in [0.2, 0.25) is 0 Å². The van der Waals surface area contributed by atoms with Gasteiger partial charge in [-0.15, -0.1) is 0 Å². The van der Waals surface area contributed by atoms with E-state index in [0.717, 1.165) is 0 Å². The number of aliphatic carboxylic acids is 2. The first-order valence-corrected chi connectivity index (χ1v) is 12.4. The Balaban J connectivity index is 7.81. The molecule has 12 nitrogen and oxygen atoms in total. The molecule has 0 aliphatic carbocycles. The molecule has 214 valence electrons. The van der Waals surface area contributed by atoms with Crippen molar-refractivity contribution in [2.45, 2.75) is 85.0 Å². The number of rotatable bonds is 23. The van der Waals surface area contributed by atoms with Crippen molar-refractivity contribution in [1.82, 2.24) is 0 Å². The van der Waals surface area contributed by atoms with Gasteiger partial charge in [-0.2, -0.15) is 0 Å². The lowest BCUT2D eigenvalue weighted by atomic mass is 9.66. The average molecular weight is 527 g/mol. The first kappa shape index (κ1) is 34.6. The van der Waals surface area contributed by atoms with Crippen molar-refractivity contribution in [3.63, 3.8) is 0 Å². The lowest BCUT2D eigenvalue weighted by Gasteiger charge is -2.57. The van der Waals surface area contributed by atoms with Gasteiger partial charge in [0, 0.05) is 60.3 Å². The molecule has 0 spiro atoms. The second-order valence-electron chi connectivity index (χ2n) is 7.55. The summed E-state index contributed by atoms with van der Waals surface area (Å²) in [5.41, 5.74) is -2.32. The first-order valence-electron chi connectivity index (χ1n) is 12.4. The standard InChI is InChI=1S/C24H46O12/c1-9-31-20(32-10-2)23(29-7,35-13-5)22(19(27)28,17-15-16-18(25)26)24(30-8,36-14-6)21(33-11-3)34-12-4/h20-21H,9-17H2,1-8H3,(H,25,26)(H,27,28). The largest absolute Gasteiger partial charge is 0.481 e. The van der Waals surface area contributed by atoms with Crippen molar-refractivity contribution in [1.29, 1.82) is 0 Å². The third kappa shape index (κ3) is 7.13. The fourth-order valence-corrected chi connectivity index (χ4v) is 4.51. The molecular formula is C24H46O12. The van der Waals surface area contributed by atoms with Gasteiger partial charge in [-0.25, -0.2) is 0 Å². The Kier molecular flexibility index (Phi) is 16.5. The lowest BCUT2D eigenvalue weighted by molar-refractivity contribution is -0.461. The average Bonchev–Trinajstić information content (AvgIpc) is 2.84. The molecule has 0 aromatic heterocycles. The van der Waals surface area contributed by atoms with Crippen molar-refractivity contribution in [3.8, 4) is 0 Å². The fourth-order valence-electron chi connectivity index (χ4n) is 4.51. The molecule has 2 unspecified atom stereocenters. The highest BCUT2D eigenvalue weighted by Crippen LogP contribution is 2.55. The third-order valence-corrected chi connectivity index (χ3v) is 5.71. The molecule has 0 aromatic rings. The Bertz CT molecular complexity index is 584. The minimum atomic E-state index is -2.32. The molecule has 0 aliphatic rings. The summed E-state index contributed by atoms with van der Waals surface area (Å²) in [7, 11) is 2.52. The van der Waals surface area contributed by atoms with Crippen LogP contribution in [-0.2, 0) is 47.5 Å². The highest BCUT2D eigenvalue weighted by atomic mass is 16.8. The highest BCUT2D eigenvalue weighted by molar-refractivity contribution is 5.78. The Labute approximate surface area is 214 Å². The zero-order valence-corrected chi connectivity index (χ0v) is 23.0. The number of hydrogen-bond donors (Lipinski definition) is 2. The fraction of sp³-hybridized carbons (Fsp3) is 0.917. The van der Waals surface area contributed by atoms with Crippen LogP contribution in [0, 0.1) is 5.41 Å². The Hall–Kier alpha value is -1.38. The maximum Gasteiger partial charge on any atom is 0.321 e. The van der Waals surface area contributed by atoms with E-state index in [4.69, 9.17) is 37.9 Å². The van der Waals surface area contributed by atoms with Crippen LogP contribution in [0.1, 0.15) is 60.8 Å². The maximum absolute atomic E-state index is 13.6. The van der Waals surface area contributed by atoms with Gasteiger partial charge in [-0.05, 0) is 54.4 Å². The minimum absolute atomic E-state index is 0.0156. The number of carboxylic acid groups (broad SMARTS) is 2. The number of hydrogen-bond acceptors (Lipinski definition) is 10. The highest BCUT2D eigenvalue weighted by Gasteiger charge is 2.77. The summed E-state index contributed by atoms with van der Waals surface area (Å²) >= 11 is 0. The van der Waals surface area contributed by atoms with Crippen LogP contribution >= 0.6 is 0 Å². The van der Waals surface area contributed by atoms with E-state index < -0.39 is 41.5 Å². The van der Waals surface area contributed by atoms with E-state index in [0.29, 0.717) is 0 Å². The van der Waals surface area contributed by atoms with Crippen molar-refractivity contribution in [3.05, 3.63) is 0 Å². The molecule has 0 radical (unpaired) electrons. The summed E-state index contributed by atoms with van der Waals surface area (Å²) < 4.78 is 47.5. The van der Waals surface area contributed by atoms with Crippen LogP contribution in [0.4, 0.5) is 0 Å². The van der Waals surface area contributed by atoms with Crippen LogP contribution < -0.4 is 0 Å². The SMILES string of the molecule is CCOC(OCC)C(OC)(OCC)C(CCCC(=O)O)(C(=O)O)C(OC)(OCC)C(OCC)OCC. The Morgan fingerprint density at radius 2 is 1.03 bits per heavy atom. The van der Waals surface area contributed by atoms with Crippen molar-refractivity contribution >= 4 is 11.9 Å². The molecule has 0 aliphatic heterocycles. The molecule has 36 heavy (non-hydrogen) atoms. The van der Waals surface area contributed by atoms with E-state index >= 15 is 0 Å². The van der Waals surface area contributed by atoms with Gasteiger partial charge < -0.3 is 48.1 Å². The van der Waals surface area contributed by atoms with Gasteiger partial charge in [0.25, 0.3) is 0 Å². The summed E-state index contributed by atoms with van der Waals surface area (Å²) in [5.74, 6) is -6.97. The van der Waals surface area contributed by atoms with Gasteiger partial charge in [0.1, 0.15) is 0 Å². The molecule has 0 fully saturated rings. The number of carboxylic acids is 2. The molecule has 0 aromatic carbocycles. The molecule has 0 amide bonds. The number of carbonyl (C=O) groups is 2. The number of ether oxygens (including phenoxy) is 8. The Morgan fingerprint density at radius 3 is 1.25 bits per heavy atom. The van der Waals surface area contributed by atoms with Crippen LogP contribution in [0.15, 0.2) is 0 Å². The van der Waals surface area contributed by atoms with E-state index in [1.54, 1.807) is 41.5 Å². The van der Waals surface area contributed by atoms with E-state index in [9.17, 15) is 19.8 Å². The van der Waals surface area contributed by atoms with Crippen molar-refractivity contribution < 1.29 is 57.7 Å². The summed E-state index contributed by atoms with van der Waals surface area (Å²) in [6, 6.07) is 0. The topological polar surface area (TPSA) is 148 Å². The van der Waals surface area contributed by atoms with E-state index in [1.165, 1.54) is 14.2 Å². The van der Waals surface area contributed by atoms with Crippen molar-refractivity contribution in [2.24, 2.45) is 5.41 Å². The van der Waals surface area contributed by atoms with E-state index in [-0.39, 0.29) is 58.9 Å². The molecule has 0 saturated heterocycles. The number of methoxy groups -OCH3 is 2. The molecule has 2 atom stereocenters. The predicted molar refractivity (Wildman–Crippen MR) is 128 cm³/mol. The second kappa shape index (κ2) is 17.2. The third-order valence-electron chi connectivity index (χ3n) is 5.71. The zero-order valence-electron chi connectivity index (χ0n) is 23.0. The molecule has 0 rings (SSSR count). The molecule has 12 heteroatoms. The van der Waals surface area contributed by atoms with Crippen molar-refractivity contribution in [2.75, 3.05) is 53.9 Å². The van der Waals surface area contributed by atoms with Crippen LogP contribution in [0.5, 0.6) is 0 Å². The molecule has 0 saturated carbocycles. The maximum atomic E-state index is 13.6. The van der Waals surface area contributed by atoms with Crippen LogP contribution in [0.25, 0.3) is 0 Å². The second-order valence-corrected chi connectivity index (χ2v) is 7.55. The molecule has 0 bridgehead atoms. The normalized spacial score (nSPS) is 17.1. The molecule has 0 heterocycles. The zero-order chi connectivity index (χ0) is 27.8. The van der Waals surface area contributed by atoms with Gasteiger partial charge in [-0.1, -0.05) is 0 Å². The summed E-state index contributed by atoms with van der Waals surface area (Å²) in [5, 5.41) is 20.4. The van der Waals surface area contributed by atoms with E-state index in [1.807, 2.05) is 0 Å². The summed E-state index contributed by atoms with van der Waals surface area (Å²) in [6.07, 6.45) is -3.54. The quantitative estimate of drug-likeness (QED) is 0.189. The van der Waals surface area contributed by atoms with Gasteiger partial charge >= 0.3 is 11.9 Å². The lowest BCUT2D eigenvalue weighted by Crippen LogP contribution is -2.77. The smallest absolute Gasteiger partial charge is 0.321 e. The molecular weight excluding hydrogens is 480 g/mol. The van der Waals surface area contributed by atoms with Crippen LogP contribution in [-0.4, -0.2) is 100 Å². The summed E-state index contributed by atoms with van der Waals surface area (Å²) in [4.78, 5) is 25.0. The monoisotopic (exact) mass is 526 g/mol. The van der Waals surface area contributed by atoms with Gasteiger partial charge in [0.15, 0.2) is 5.41 Å². The van der Waals surface area contributed by atoms with Gasteiger partial charge in [0.2, 0.25) is 24.2 Å². The Morgan fingerprint density at radius 1 is 0.667 bits per heavy atom. The molecule has 2 N–H and O–H groups in total. The van der Waals surface area contributed by atoms with Gasteiger partial charge in [-0.3, -0.25) is 9.59 Å². The first-order chi connectivity index (χ1) is 17.1. The van der Waals surface area contributed by atoms with Crippen LogP contribution in [0.3, 0.4) is 0 Å². The predicted octanol–water partition coefficient (Wildman–Crippen LogP) is 2.87.